The highest BCUT2D eigenvalue weighted by atomic mass is 16.5. The fourth-order valence-corrected chi connectivity index (χ4v) is 2.17. The van der Waals surface area contributed by atoms with Crippen molar-refractivity contribution in [2.45, 2.75) is 32.6 Å². The molecule has 0 aliphatic rings. The predicted octanol–water partition coefficient (Wildman–Crippen LogP) is 3.96. The smallest absolute Gasteiger partial charge is 0.232 e. The molecular formula is C18H23N3O2. The number of nitrogens with zero attached hydrogens (tertiary/aromatic N) is 2. The van der Waals surface area contributed by atoms with E-state index in [0.717, 1.165) is 12.0 Å². The molecule has 0 unspecified atom stereocenters. The lowest BCUT2D eigenvalue weighted by Gasteiger charge is -2.18. The van der Waals surface area contributed by atoms with Gasteiger partial charge < -0.3 is 14.5 Å². The van der Waals surface area contributed by atoms with Crippen LogP contribution in [0.3, 0.4) is 0 Å². The number of rotatable bonds is 6. The number of oxazole rings is 1. The lowest BCUT2D eigenvalue weighted by Crippen LogP contribution is -2.10. The number of anilines is 1. The molecule has 0 aliphatic heterocycles. The molecule has 5 heteroatoms. The van der Waals surface area contributed by atoms with Gasteiger partial charge in [0.25, 0.3) is 0 Å². The maximum Gasteiger partial charge on any atom is 0.232 e. The summed E-state index contributed by atoms with van der Waals surface area (Å²) in [6.07, 6.45) is 0.831. The van der Waals surface area contributed by atoms with E-state index in [1.165, 1.54) is 5.56 Å². The van der Waals surface area contributed by atoms with E-state index in [-0.39, 0.29) is 11.1 Å². The van der Waals surface area contributed by atoms with Crippen molar-refractivity contribution in [2.24, 2.45) is 0 Å². The highest BCUT2D eigenvalue weighted by Gasteiger charge is 2.16. The predicted molar refractivity (Wildman–Crippen MR) is 90.3 cm³/mol. The molecule has 0 aliphatic carbocycles. The van der Waals surface area contributed by atoms with Crippen LogP contribution in [0.5, 0.6) is 0 Å². The standard InChI is InChI=1S/C18H23N3O2/c1-18(2,3)14-8-6-13(7-9-14)16-21-15(12-19)17(23-16)20-10-5-11-22-4/h6-9,20H,5,10-11H2,1-4H3. The molecular weight excluding hydrogens is 290 g/mol. The third-order valence-corrected chi connectivity index (χ3v) is 3.54. The molecule has 0 bridgehead atoms. The fraction of sp³-hybridized carbons (Fsp3) is 0.444. The van der Waals surface area contributed by atoms with Gasteiger partial charge in [0.2, 0.25) is 17.5 Å². The summed E-state index contributed by atoms with van der Waals surface area (Å²) in [4.78, 5) is 4.27. The van der Waals surface area contributed by atoms with Gasteiger partial charge in [0.05, 0.1) is 0 Å². The Labute approximate surface area is 137 Å². The molecule has 2 aromatic rings. The van der Waals surface area contributed by atoms with E-state index in [4.69, 9.17) is 9.15 Å². The molecule has 1 aromatic carbocycles. The number of hydrogen-bond acceptors (Lipinski definition) is 5. The van der Waals surface area contributed by atoms with Crippen LogP contribution in [-0.4, -0.2) is 25.2 Å². The summed E-state index contributed by atoms with van der Waals surface area (Å²) in [5.74, 6) is 0.870. The highest BCUT2D eigenvalue weighted by molar-refractivity contribution is 5.59. The van der Waals surface area contributed by atoms with Crippen molar-refractivity contribution in [3.63, 3.8) is 0 Å². The average molecular weight is 313 g/mol. The maximum absolute atomic E-state index is 9.19. The van der Waals surface area contributed by atoms with Crippen LogP contribution in [0.15, 0.2) is 28.7 Å². The number of methoxy groups -OCH3 is 1. The number of benzene rings is 1. The second-order valence-corrected chi connectivity index (χ2v) is 6.41. The molecule has 5 nitrogen and oxygen atoms in total. The van der Waals surface area contributed by atoms with Gasteiger partial charge in [-0.2, -0.15) is 10.2 Å². The summed E-state index contributed by atoms with van der Waals surface area (Å²) < 4.78 is 10.7. The second kappa shape index (κ2) is 7.30. The summed E-state index contributed by atoms with van der Waals surface area (Å²) in [6, 6.07) is 10.1. The van der Waals surface area contributed by atoms with Gasteiger partial charge in [0.15, 0.2) is 0 Å². The minimum atomic E-state index is 0.0982. The molecule has 1 N–H and O–H groups in total. The molecule has 0 saturated heterocycles. The zero-order valence-electron chi connectivity index (χ0n) is 14.1. The molecule has 1 aromatic heterocycles. The van der Waals surface area contributed by atoms with Crippen LogP contribution >= 0.6 is 0 Å². The first-order valence-corrected chi connectivity index (χ1v) is 7.70. The topological polar surface area (TPSA) is 71.1 Å². The van der Waals surface area contributed by atoms with Gasteiger partial charge in [0.1, 0.15) is 6.07 Å². The van der Waals surface area contributed by atoms with Gasteiger partial charge in [-0.05, 0) is 29.5 Å². The first-order valence-electron chi connectivity index (χ1n) is 7.70. The molecule has 122 valence electrons. The molecule has 23 heavy (non-hydrogen) atoms. The van der Waals surface area contributed by atoms with E-state index < -0.39 is 0 Å². The Morgan fingerprint density at radius 2 is 1.96 bits per heavy atom. The summed E-state index contributed by atoms with van der Waals surface area (Å²) >= 11 is 0. The number of nitriles is 1. The first-order chi connectivity index (χ1) is 11.0. The number of hydrogen-bond donors (Lipinski definition) is 1. The largest absolute Gasteiger partial charge is 0.419 e. The summed E-state index contributed by atoms with van der Waals surface area (Å²) in [6.45, 7) is 7.83. The average Bonchev–Trinajstić information content (AvgIpc) is 2.94. The van der Waals surface area contributed by atoms with Gasteiger partial charge in [-0.25, -0.2) is 0 Å². The zero-order valence-corrected chi connectivity index (χ0v) is 14.1. The van der Waals surface area contributed by atoms with E-state index >= 15 is 0 Å². The highest BCUT2D eigenvalue weighted by Crippen LogP contribution is 2.28. The van der Waals surface area contributed by atoms with E-state index in [1.54, 1.807) is 7.11 Å². The van der Waals surface area contributed by atoms with Gasteiger partial charge in [-0.1, -0.05) is 32.9 Å². The Hall–Kier alpha value is -2.32. The quantitative estimate of drug-likeness (QED) is 0.817. The van der Waals surface area contributed by atoms with Crippen LogP contribution in [0.1, 0.15) is 38.4 Å². The van der Waals surface area contributed by atoms with Gasteiger partial charge in [-0.3, -0.25) is 0 Å². The minimum Gasteiger partial charge on any atom is -0.419 e. The summed E-state index contributed by atoms with van der Waals surface area (Å²) in [7, 11) is 1.66. The van der Waals surface area contributed by atoms with Crippen LogP contribution in [0.4, 0.5) is 5.88 Å². The van der Waals surface area contributed by atoms with Crippen molar-refractivity contribution >= 4 is 5.88 Å². The Morgan fingerprint density at radius 3 is 2.52 bits per heavy atom. The Morgan fingerprint density at radius 1 is 1.26 bits per heavy atom. The molecule has 0 fully saturated rings. The SMILES string of the molecule is COCCCNc1oc(-c2ccc(C(C)(C)C)cc2)nc1C#N. The zero-order chi connectivity index (χ0) is 16.9. The fourth-order valence-electron chi connectivity index (χ4n) is 2.17. The van der Waals surface area contributed by atoms with Gasteiger partial charge in [-0.15, -0.1) is 0 Å². The van der Waals surface area contributed by atoms with Crippen LogP contribution in [0, 0.1) is 11.3 Å². The second-order valence-electron chi connectivity index (χ2n) is 6.41. The molecule has 0 radical (unpaired) electrons. The van der Waals surface area contributed by atoms with Crippen molar-refractivity contribution in [2.75, 3.05) is 25.6 Å². The van der Waals surface area contributed by atoms with Crippen molar-refractivity contribution in [3.05, 3.63) is 35.5 Å². The van der Waals surface area contributed by atoms with Crippen LogP contribution in [0.2, 0.25) is 0 Å². The molecule has 1 heterocycles. The molecule has 0 spiro atoms. The summed E-state index contributed by atoms with van der Waals surface area (Å²) in [5, 5.41) is 12.3. The molecule has 2 rings (SSSR count). The summed E-state index contributed by atoms with van der Waals surface area (Å²) in [5.41, 5.74) is 2.48. The van der Waals surface area contributed by atoms with E-state index in [1.807, 2.05) is 12.1 Å². The molecule has 0 saturated carbocycles. The van der Waals surface area contributed by atoms with Crippen LogP contribution in [0.25, 0.3) is 11.5 Å². The first kappa shape index (κ1) is 17.0. The molecule has 0 atom stereocenters. The van der Waals surface area contributed by atoms with Crippen LogP contribution in [-0.2, 0) is 10.2 Å². The minimum absolute atomic E-state index is 0.0982. The third-order valence-electron chi connectivity index (χ3n) is 3.54. The Bertz CT molecular complexity index is 676. The van der Waals surface area contributed by atoms with Crippen molar-refractivity contribution in [1.82, 2.24) is 4.98 Å². The lowest BCUT2D eigenvalue weighted by molar-refractivity contribution is 0.197. The number of aromatic nitrogens is 1. The Balaban J connectivity index is 2.17. The van der Waals surface area contributed by atoms with E-state index in [2.05, 4.69) is 49.3 Å². The van der Waals surface area contributed by atoms with Gasteiger partial charge >= 0.3 is 0 Å². The van der Waals surface area contributed by atoms with Crippen LogP contribution < -0.4 is 5.32 Å². The normalized spacial score (nSPS) is 11.3. The monoisotopic (exact) mass is 313 g/mol. The van der Waals surface area contributed by atoms with E-state index in [0.29, 0.717) is 24.9 Å². The number of nitrogens with one attached hydrogen (secondary N) is 1. The maximum atomic E-state index is 9.19. The van der Waals surface area contributed by atoms with Crippen molar-refractivity contribution in [1.29, 1.82) is 5.26 Å². The third kappa shape index (κ3) is 4.33. The van der Waals surface area contributed by atoms with E-state index in [9.17, 15) is 5.26 Å². The van der Waals surface area contributed by atoms with Crippen molar-refractivity contribution in [3.8, 4) is 17.5 Å². The Kier molecular flexibility index (Phi) is 5.41. The lowest BCUT2D eigenvalue weighted by atomic mass is 9.87. The van der Waals surface area contributed by atoms with Crippen molar-refractivity contribution < 1.29 is 9.15 Å². The van der Waals surface area contributed by atoms with Gasteiger partial charge in [0, 0.05) is 25.8 Å². The molecule has 0 amide bonds. The number of ether oxygens (including phenoxy) is 1.